The number of hydrogen-bond donors (Lipinski definition) is 2. The van der Waals surface area contributed by atoms with Crippen molar-refractivity contribution < 1.29 is 9.53 Å². The summed E-state index contributed by atoms with van der Waals surface area (Å²) in [5, 5.41) is 3.25. The van der Waals surface area contributed by atoms with Gasteiger partial charge >= 0.3 is 5.97 Å². The molecule has 0 saturated carbocycles. The molecule has 0 radical (unpaired) electrons. The molecule has 0 fully saturated rings. The van der Waals surface area contributed by atoms with Crippen molar-refractivity contribution in [3.8, 4) is 0 Å². The van der Waals surface area contributed by atoms with E-state index in [2.05, 4.69) is 24.4 Å². The average Bonchev–Trinajstić information content (AvgIpc) is 2.49. The Morgan fingerprint density at radius 1 is 1.18 bits per heavy atom. The van der Waals surface area contributed by atoms with Crippen LogP contribution < -0.4 is 11.1 Å². The van der Waals surface area contributed by atoms with E-state index in [-0.39, 0.29) is 12.1 Å². The summed E-state index contributed by atoms with van der Waals surface area (Å²) in [6, 6.07) is 13.3. The number of ether oxygens (including phenoxy) is 1. The summed E-state index contributed by atoms with van der Waals surface area (Å²) in [4.78, 5) is 11.8. The van der Waals surface area contributed by atoms with E-state index in [1.165, 1.54) is 5.56 Å². The molecular formula is C18H22N2O2. The van der Waals surface area contributed by atoms with Crippen molar-refractivity contribution in [1.29, 1.82) is 0 Å². The molecule has 2 rings (SSSR count). The van der Waals surface area contributed by atoms with Gasteiger partial charge in [0.1, 0.15) is 0 Å². The molecule has 0 aliphatic heterocycles. The van der Waals surface area contributed by atoms with Crippen molar-refractivity contribution in [2.75, 3.05) is 11.1 Å². The van der Waals surface area contributed by atoms with Gasteiger partial charge in [0.2, 0.25) is 0 Å². The third kappa shape index (κ3) is 4.01. The smallest absolute Gasteiger partial charge is 0.338 e. The first-order valence-electron chi connectivity index (χ1n) is 7.46. The molecule has 0 amide bonds. The van der Waals surface area contributed by atoms with E-state index in [4.69, 9.17) is 10.5 Å². The van der Waals surface area contributed by atoms with E-state index < -0.39 is 0 Å². The molecule has 4 nitrogen and oxygen atoms in total. The van der Waals surface area contributed by atoms with Crippen LogP contribution in [0.2, 0.25) is 0 Å². The number of nitrogens with one attached hydrogen (secondary N) is 1. The van der Waals surface area contributed by atoms with Crippen molar-refractivity contribution in [3.63, 3.8) is 0 Å². The molecule has 0 atom stereocenters. The van der Waals surface area contributed by atoms with Crippen LogP contribution in [-0.4, -0.2) is 12.1 Å². The van der Waals surface area contributed by atoms with E-state index in [1.54, 1.807) is 18.2 Å². The highest BCUT2D eigenvalue weighted by Crippen LogP contribution is 2.25. The van der Waals surface area contributed by atoms with Crippen LogP contribution in [0.15, 0.2) is 42.5 Å². The first-order valence-corrected chi connectivity index (χ1v) is 7.46. The number of nitrogens with two attached hydrogens (primary N) is 1. The van der Waals surface area contributed by atoms with Crippen LogP contribution in [0.1, 0.15) is 36.7 Å². The minimum Gasteiger partial charge on any atom is -0.459 e. The average molecular weight is 298 g/mol. The van der Waals surface area contributed by atoms with Gasteiger partial charge in [-0.05, 0) is 56.2 Å². The zero-order valence-corrected chi connectivity index (χ0v) is 13.2. The Kier molecular flexibility index (Phi) is 5.04. The van der Waals surface area contributed by atoms with Gasteiger partial charge in [0.25, 0.3) is 0 Å². The predicted molar refractivity (Wildman–Crippen MR) is 90.5 cm³/mol. The summed E-state index contributed by atoms with van der Waals surface area (Å²) in [5.74, 6) is -0.361. The van der Waals surface area contributed by atoms with Gasteiger partial charge in [-0.25, -0.2) is 4.79 Å². The number of carbonyl (C=O) groups excluding carboxylic acids is 1. The maximum atomic E-state index is 11.8. The van der Waals surface area contributed by atoms with Crippen LogP contribution in [0.5, 0.6) is 0 Å². The van der Waals surface area contributed by atoms with Crippen molar-refractivity contribution in [2.45, 2.75) is 33.3 Å². The Morgan fingerprint density at radius 2 is 1.86 bits per heavy atom. The number of aryl methyl sites for hydroxylation is 1. The van der Waals surface area contributed by atoms with E-state index in [0.29, 0.717) is 11.3 Å². The molecule has 0 aromatic heterocycles. The van der Waals surface area contributed by atoms with Crippen LogP contribution in [0, 0.1) is 0 Å². The first kappa shape index (κ1) is 15.9. The molecule has 0 aliphatic rings. The minimum absolute atomic E-state index is 0.149. The molecule has 4 heteroatoms. The largest absolute Gasteiger partial charge is 0.459 e. The van der Waals surface area contributed by atoms with Gasteiger partial charge in [0.05, 0.1) is 23.0 Å². The van der Waals surface area contributed by atoms with Gasteiger partial charge in [0, 0.05) is 5.69 Å². The number of anilines is 3. The number of hydrogen-bond acceptors (Lipinski definition) is 4. The molecule has 0 heterocycles. The second kappa shape index (κ2) is 6.98. The lowest BCUT2D eigenvalue weighted by atomic mass is 10.1. The Balaban J connectivity index is 2.13. The normalized spacial score (nSPS) is 10.5. The van der Waals surface area contributed by atoms with Crippen molar-refractivity contribution in [3.05, 3.63) is 53.6 Å². The SMILES string of the molecule is CCc1ccc(Nc2ccc(C(=O)OC(C)C)cc2N)cc1. The van der Waals surface area contributed by atoms with Crippen molar-refractivity contribution in [2.24, 2.45) is 0 Å². The molecule has 0 spiro atoms. The molecule has 0 saturated heterocycles. The van der Waals surface area contributed by atoms with Crippen LogP contribution >= 0.6 is 0 Å². The fraction of sp³-hybridized carbons (Fsp3) is 0.278. The number of benzene rings is 2. The maximum Gasteiger partial charge on any atom is 0.338 e. The fourth-order valence-electron chi connectivity index (χ4n) is 2.06. The van der Waals surface area contributed by atoms with Crippen LogP contribution in [0.4, 0.5) is 17.1 Å². The van der Waals surface area contributed by atoms with Crippen LogP contribution in [-0.2, 0) is 11.2 Å². The monoisotopic (exact) mass is 298 g/mol. The van der Waals surface area contributed by atoms with Crippen molar-refractivity contribution in [1.82, 2.24) is 0 Å². The van der Waals surface area contributed by atoms with E-state index in [0.717, 1.165) is 17.8 Å². The maximum absolute atomic E-state index is 11.8. The van der Waals surface area contributed by atoms with Gasteiger partial charge in [-0.15, -0.1) is 0 Å². The number of esters is 1. The Bertz CT molecular complexity index is 649. The summed E-state index contributed by atoms with van der Waals surface area (Å²) in [6.45, 7) is 5.75. The molecule has 2 aromatic carbocycles. The van der Waals surface area contributed by atoms with Crippen LogP contribution in [0.3, 0.4) is 0 Å². The predicted octanol–water partition coefficient (Wildman–Crippen LogP) is 4.14. The lowest BCUT2D eigenvalue weighted by Gasteiger charge is -2.12. The van der Waals surface area contributed by atoms with Gasteiger partial charge in [0.15, 0.2) is 0 Å². The molecular weight excluding hydrogens is 276 g/mol. The lowest BCUT2D eigenvalue weighted by molar-refractivity contribution is 0.0378. The van der Waals surface area contributed by atoms with Crippen molar-refractivity contribution >= 4 is 23.0 Å². The number of nitrogen functional groups attached to an aromatic ring is 1. The number of rotatable bonds is 5. The van der Waals surface area contributed by atoms with Gasteiger partial charge in [-0.1, -0.05) is 19.1 Å². The standard InChI is InChI=1S/C18H22N2O2/c1-4-13-5-8-15(9-6-13)20-17-10-7-14(11-16(17)19)18(21)22-12(2)3/h5-12,20H,4,19H2,1-3H3. The van der Waals surface area contributed by atoms with Gasteiger partial charge in [-0.2, -0.15) is 0 Å². The Labute approximate surface area is 131 Å². The summed E-state index contributed by atoms with van der Waals surface area (Å²) < 4.78 is 5.16. The Hall–Kier alpha value is -2.49. The lowest BCUT2D eigenvalue weighted by Crippen LogP contribution is -2.12. The molecule has 0 bridgehead atoms. The third-order valence-electron chi connectivity index (χ3n) is 3.27. The molecule has 22 heavy (non-hydrogen) atoms. The minimum atomic E-state index is -0.361. The topological polar surface area (TPSA) is 64.3 Å². The van der Waals surface area contributed by atoms with Gasteiger partial charge in [-0.3, -0.25) is 0 Å². The summed E-state index contributed by atoms with van der Waals surface area (Å²) in [7, 11) is 0. The first-order chi connectivity index (χ1) is 10.5. The molecule has 3 N–H and O–H groups in total. The number of carbonyl (C=O) groups is 1. The van der Waals surface area contributed by atoms with Gasteiger partial charge < -0.3 is 15.8 Å². The Morgan fingerprint density at radius 3 is 2.41 bits per heavy atom. The molecule has 0 unspecified atom stereocenters. The summed E-state index contributed by atoms with van der Waals surface area (Å²) in [6.07, 6.45) is 0.860. The second-order valence-corrected chi connectivity index (χ2v) is 5.43. The quantitative estimate of drug-likeness (QED) is 0.643. The molecule has 0 aliphatic carbocycles. The highest BCUT2D eigenvalue weighted by Gasteiger charge is 2.11. The zero-order chi connectivity index (χ0) is 16.1. The van der Waals surface area contributed by atoms with E-state index in [9.17, 15) is 4.79 Å². The highest BCUT2D eigenvalue weighted by atomic mass is 16.5. The zero-order valence-electron chi connectivity index (χ0n) is 13.2. The van der Waals surface area contributed by atoms with Crippen LogP contribution in [0.25, 0.3) is 0 Å². The highest BCUT2D eigenvalue weighted by molar-refractivity contribution is 5.92. The summed E-state index contributed by atoms with van der Waals surface area (Å²) in [5.41, 5.74) is 10.0. The van der Waals surface area contributed by atoms with E-state index in [1.807, 2.05) is 26.0 Å². The molecule has 2 aromatic rings. The fourth-order valence-corrected chi connectivity index (χ4v) is 2.06. The summed E-state index contributed by atoms with van der Waals surface area (Å²) >= 11 is 0. The third-order valence-corrected chi connectivity index (χ3v) is 3.27. The van der Waals surface area contributed by atoms with E-state index >= 15 is 0 Å². The molecule has 116 valence electrons. The second-order valence-electron chi connectivity index (χ2n) is 5.43.